The molecule has 0 aromatic heterocycles. The Labute approximate surface area is 128 Å². The van der Waals surface area contributed by atoms with Crippen LogP contribution in [0.25, 0.3) is 0 Å². The van der Waals surface area contributed by atoms with Gasteiger partial charge in [0.15, 0.2) is 0 Å². The molecule has 2 unspecified atom stereocenters. The summed E-state index contributed by atoms with van der Waals surface area (Å²) in [5, 5.41) is -0.145. The average Bonchev–Trinajstić information content (AvgIpc) is 2.95. The second kappa shape index (κ2) is 6.58. The fourth-order valence-corrected chi connectivity index (χ4v) is 3.84. The Hall–Kier alpha value is -0.730. The maximum absolute atomic E-state index is 13.7. The smallest absolute Gasteiger partial charge is 0.240 e. The molecule has 0 amide bonds. The lowest BCUT2D eigenvalue weighted by Gasteiger charge is -2.19. The van der Waals surface area contributed by atoms with E-state index in [-0.39, 0.29) is 34.0 Å². The van der Waals surface area contributed by atoms with Crippen LogP contribution in [-0.2, 0) is 21.3 Å². The quantitative estimate of drug-likeness (QED) is 0.856. The molecule has 1 saturated heterocycles. The van der Waals surface area contributed by atoms with E-state index in [0.717, 1.165) is 12.5 Å². The maximum atomic E-state index is 13.7. The molecule has 1 aromatic rings. The minimum Gasteiger partial charge on any atom is -0.381 e. The van der Waals surface area contributed by atoms with Gasteiger partial charge in [-0.25, -0.2) is 17.5 Å². The molecule has 0 aliphatic carbocycles. The summed E-state index contributed by atoms with van der Waals surface area (Å²) >= 11 is 5.74. The minimum atomic E-state index is -3.83. The van der Waals surface area contributed by atoms with Crippen LogP contribution in [0.3, 0.4) is 0 Å². The van der Waals surface area contributed by atoms with Gasteiger partial charge in [0.25, 0.3) is 0 Å². The number of hydrogen-bond donors (Lipinski definition) is 2. The van der Waals surface area contributed by atoms with Gasteiger partial charge in [-0.3, -0.25) is 0 Å². The zero-order valence-corrected chi connectivity index (χ0v) is 13.2. The Morgan fingerprint density at radius 1 is 1.57 bits per heavy atom. The van der Waals surface area contributed by atoms with Gasteiger partial charge in [-0.1, -0.05) is 11.6 Å². The summed E-state index contributed by atoms with van der Waals surface area (Å²) in [6.45, 7) is 2.88. The Morgan fingerprint density at radius 3 is 2.86 bits per heavy atom. The zero-order valence-electron chi connectivity index (χ0n) is 11.6. The van der Waals surface area contributed by atoms with E-state index in [4.69, 9.17) is 22.1 Å². The summed E-state index contributed by atoms with van der Waals surface area (Å²) in [6.07, 6.45) is 0.798. The minimum absolute atomic E-state index is 0.0366. The van der Waals surface area contributed by atoms with Gasteiger partial charge in [0, 0.05) is 25.1 Å². The van der Waals surface area contributed by atoms with Crippen LogP contribution < -0.4 is 10.5 Å². The number of nitrogens with one attached hydrogen (secondary N) is 1. The molecule has 1 aliphatic heterocycles. The van der Waals surface area contributed by atoms with E-state index in [1.54, 1.807) is 6.92 Å². The van der Waals surface area contributed by atoms with E-state index >= 15 is 0 Å². The lowest BCUT2D eigenvalue weighted by atomic mass is 10.0. The van der Waals surface area contributed by atoms with Gasteiger partial charge in [-0.15, -0.1) is 0 Å². The van der Waals surface area contributed by atoms with Crippen molar-refractivity contribution in [1.82, 2.24) is 4.72 Å². The van der Waals surface area contributed by atoms with Crippen molar-refractivity contribution in [1.29, 1.82) is 0 Å². The van der Waals surface area contributed by atoms with Crippen molar-refractivity contribution in [3.8, 4) is 0 Å². The fraction of sp³-hybridized carbons (Fsp3) is 0.538. The molecule has 1 aliphatic rings. The number of benzene rings is 1. The van der Waals surface area contributed by atoms with Crippen LogP contribution >= 0.6 is 11.6 Å². The molecule has 2 atom stereocenters. The lowest BCUT2D eigenvalue weighted by Crippen LogP contribution is -2.38. The second-order valence-corrected chi connectivity index (χ2v) is 7.21. The molecule has 1 aromatic carbocycles. The van der Waals surface area contributed by atoms with Crippen LogP contribution in [0.5, 0.6) is 0 Å². The third-order valence-corrected chi connectivity index (χ3v) is 5.58. The first-order valence-corrected chi connectivity index (χ1v) is 8.49. The van der Waals surface area contributed by atoms with Crippen LogP contribution in [0.15, 0.2) is 17.0 Å². The molecule has 0 bridgehead atoms. The molecule has 1 heterocycles. The SMILES string of the molecule is CC(NS(=O)(=O)c1cc(F)c(Cl)c(CN)c1)C1CCOC1. The molecule has 118 valence electrons. The Bertz CT molecular complexity index is 618. The highest BCUT2D eigenvalue weighted by atomic mass is 35.5. The van der Waals surface area contributed by atoms with Crippen molar-refractivity contribution in [3.63, 3.8) is 0 Å². The second-order valence-electron chi connectivity index (χ2n) is 5.12. The van der Waals surface area contributed by atoms with E-state index in [1.165, 1.54) is 6.07 Å². The average molecular weight is 337 g/mol. The molecule has 0 saturated carbocycles. The standard InChI is InChI=1S/C13H18ClFN2O3S/c1-8(9-2-3-20-7-9)17-21(18,19)11-4-10(6-16)13(14)12(15)5-11/h4-5,8-9,17H,2-3,6-7,16H2,1H3. The third-order valence-electron chi connectivity index (χ3n) is 3.62. The predicted octanol–water partition coefficient (Wildman–Crippen LogP) is 1.64. The van der Waals surface area contributed by atoms with Crippen molar-refractivity contribution >= 4 is 21.6 Å². The monoisotopic (exact) mass is 336 g/mol. The Kier molecular flexibility index (Phi) is 5.21. The highest BCUT2D eigenvalue weighted by molar-refractivity contribution is 7.89. The highest BCUT2D eigenvalue weighted by Crippen LogP contribution is 2.25. The van der Waals surface area contributed by atoms with Gasteiger partial charge >= 0.3 is 0 Å². The van der Waals surface area contributed by atoms with Crippen LogP contribution in [0.2, 0.25) is 5.02 Å². The van der Waals surface area contributed by atoms with Gasteiger partial charge in [0.2, 0.25) is 10.0 Å². The summed E-state index contributed by atoms with van der Waals surface area (Å²) in [6, 6.07) is 1.91. The van der Waals surface area contributed by atoms with Crippen molar-refractivity contribution in [2.45, 2.75) is 30.8 Å². The summed E-state index contributed by atoms with van der Waals surface area (Å²) in [5.41, 5.74) is 5.71. The molecule has 21 heavy (non-hydrogen) atoms. The molecular formula is C13H18ClFN2O3S. The van der Waals surface area contributed by atoms with E-state index in [1.807, 2.05) is 0 Å². The van der Waals surface area contributed by atoms with Gasteiger partial charge in [0.1, 0.15) is 5.82 Å². The van der Waals surface area contributed by atoms with Crippen LogP contribution in [0.4, 0.5) is 4.39 Å². The first-order valence-electron chi connectivity index (χ1n) is 6.63. The van der Waals surface area contributed by atoms with E-state index < -0.39 is 15.8 Å². The Morgan fingerprint density at radius 2 is 2.29 bits per heavy atom. The molecule has 8 heteroatoms. The normalized spacial score (nSPS) is 20.7. The number of hydrogen-bond acceptors (Lipinski definition) is 4. The summed E-state index contributed by atoms with van der Waals surface area (Å²) in [5.74, 6) is -0.678. The van der Waals surface area contributed by atoms with Crippen LogP contribution in [0.1, 0.15) is 18.9 Å². The molecule has 2 rings (SSSR count). The fourth-order valence-electron chi connectivity index (χ4n) is 2.28. The van der Waals surface area contributed by atoms with Gasteiger partial charge in [-0.2, -0.15) is 0 Å². The number of rotatable bonds is 5. The van der Waals surface area contributed by atoms with E-state index in [9.17, 15) is 12.8 Å². The third kappa shape index (κ3) is 3.73. The lowest BCUT2D eigenvalue weighted by molar-refractivity contribution is 0.180. The van der Waals surface area contributed by atoms with Crippen molar-refractivity contribution in [3.05, 3.63) is 28.5 Å². The van der Waals surface area contributed by atoms with Gasteiger partial charge in [-0.05, 0) is 31.0 Å². The number of sulfonamides is 1. The first-order chi connectivity index (χ1) is 9.85. The summed E-state index contributed by atoms with van der Waals surface area (Å²) < 4.78 is 46.1. The van der Waals surface area contributed by atoms with Crippen molar-refractivity contribution < 1.29 is 17.5 Å². The largest absolute Gasteiger partial charge is 0.381 e. The van der Waals surface area contributed by atoms with Crippen LogP contribution in [-0.4, -0.2) is 27.7 Å². The molecule has 5 nitrogen and oxygen atoms in total. The van der Waals surface area contributed by atoms with Crippen LogP contribution in [0, 0.1) is 11.7 Å². The predicted molar refractivity (Wildman–Crippen MR) is 78.0 cm³/mol. The molecular weight excluding hydrogens is 319 g/mol. The first kappa shape index (κ1) is 16.6. The number of halogens is 2. The zero-order chi connectivity index (χ0) is 15.6. The Balaban J connectivity index is 2.24. The molecule has 0 radical (unpaired) electrons. The van der Waals surface area contributed by atoms with E-state index in [0.29, 0.717) is 13.2 Å². The molecule has 3 N–H and O–H groups in total. The summed E-state index contributed by atoms with van der Waals surface area (Å²) in [4.78, 5) is -0.171. The highest BCUT2D eigenvalue weighted by Gasteiger charge is 2.27. The van der Waals surface area contributed by atoms with Gasteiger partial charge in [0.05, 0.1) is 16.5 Å². The molecule has 0 spiro atoms. The summed E-state index contributed by atoms with van der Waals surface area (Å²) in [7, 11) is -3.83. The topological polar surface area (TPSA) is 81.4 Å². The number of nitrogens with two attached hydrogens (primary N) is 1. The maximum Gasteiger partial charge on any atom is 0.240 e. The van der Waals surface area contributed by atoms with Crippen molar-refractivity contribution in [2.24, 2.45) is 11.7 Å². The molecule has 1 fully saturated rings. The van der Waals surface area contributed by atoms with E-state index in [2.05, 4.69) is 4.72 Å². The number of ether oxygens (including phenoxy) is 1. The van der Waals surface area contributed by atoms with Gasteiger partial charge < -0.3 is 10.5 Å². The van der Waals surface area contributed by atoms with Crippen molar-refractivity contribution in [2.75, 3.05) is 13.2 Å².